The normalized spacial score (nSPS) is 17.6. The lowest BCUT2D eigenvalue weighted by atomic mass is 10.0. The second-order valence-electron chi connectivity index (χ2n) is 5.14. The molecule has 1 heterocycles. The van der Waals surface area contributed by atoms with E-state index in [4.69, 9.17) is 9.84 Å². The maximum atomic E-state index is 10.7. The summed E-state index contributed by atoms with van der Waals surface area (Å²) in [6, 6.07) is 12.3. The van der Waals surface area contributed by atoms with Crippen LogP contribution >= 0.6 is 0 Å². The van der Waals surface area contributed by atoms with Crippen molar-refractivity contribution in [2.45, 2.75) is 18.9 Å². The minimum atomic E-state index is -0.762. The van der Waals surface area contributed by atoms with Crippen molar-refractivity contribution in [1.29, 1.82) is 0 Å². The molecule has 1 aliphatic rings. The van der Waals surface area contributed by atoms with E-state index < -0.39 is 5.97 Å². The van der Waals surface area contributed by atoms with Gasteiger partial charge in [0.25, 0.3) is 0 Å². The molecule has 1 unspecified atom stereocenters. The van der Waals surface area contributed by atoms with Gasteiger partial charge in [0.2, 0.25) is 0 Å². The fraction of sp³-hybridized carbons (Fsp3) is 0.312. The molecule has 4 heteroatoms. The number of carboxylic acid groups (broad SMARTS) is 1. The molecule has 0 amide bonds. The van der Waals surface area contributed by atoms with E-state index in [2.05, 4.69) is 23.1 Å². The van der Waals surface area contributed by atoms with E-state index in [0.29, 0.717) is 13.0 Å². The Hall–Kier alpha value is -2.23. The molecule has 0 bridgehead atoms. The Morgan fingerprint density at radius 3 is 2.95 bits per heavy atom. The number of hydrogen-bond donors (Lipinski definition) is 1. The molecule has 2 aromatic rings. The van der Waals surface area contributed by atoms with Crippen molar-refractivity contribution in [3.63, 3.8) is 0 Å². The molecule has 4 nitrogen and oxygen atoms in total. The zero-order chi connectivity index (χ0) is 14.1. The molecule has 2 aromatic carbocycles. The van der Waals surface area contributed by atoms with Gasteiger partial charge in [0, 0.05) is 18.9 Å². The van der Waals surface area contributed by atoms with Crippen LogP contribution in [0.4, 0.5) is 5.69 Å². The van der Waals surface area contributed by atoms with Crippen LogP contribution in [-0.4, -0.2) is 30.8 Å². The molecule has 0 spiro atoms. The van der Waals surface area contributed by atoms with Crippen molar-refractivity contribution < 1.29 is 14.6 Å². The van der Waals surface area contributed by atoms with E-state index >= 15 is 0 Å². The molecule has 20 heavy (non-hydrogen) atoms. The fourth-order valence-corrected chi connectivity index (χ4v) is 2.76. The van der Waals surface area contributed by atoms with Crippen molar-refractivity contribution in [1.82, 2.24) is 0 Å². The van der Waals surface area contributed by atoms with Crippen LogP contribution in [0.5, 0.6) is 5.75 Å². The van der Waals surface area contributed by atoms with Crippen LogP contribution in [0.15, 0.2) is 36.4 Å². The van der Waals surface area contributed by atoms with Crippen molar-refractivity contribution in [2.24, 2.45) is 0 Å². The van der Waals surface area contributed by atoms with Gasteiger partial charge in [0.15, 0.2) is 0 Å². The van der Waals surface area contributed by atoms with Crippen molar-refractivity contribution in [2.75, 3.05) is 18.6 Å². The Labute approximate surface area is 117 Å². The van der Waals surface area contributed by atoms with Gasteiger partial charge in [-0.15, -0.1) is 0 Å². The molecule has 1 atom stereocenters. The average Bonchev–Trinajstić information content (AvgIpc) is 2.46. The van der Waals surface area contributed by atoms with E-state index in [1.807, 2.05) is 25.2 Å². The zero-order valence-electron chi connectivity index (χ0n) is 11.4. The van der Waals surface area contributed by atoms with E-state index in [0.717, 1.165) is 16.8 Å². The van der Waals surface area contributed by atoms with Crippen molar-refractivity contribution in [3.05, 3.63) is 36.4 Å². The van der Waals surface area contributed by atoms with Gasteiger partial charge in [0.1, 0.15) is 12.4 Å². The van der Waals surface area contributed by atoms with Crippen LogP contribution in [0.3, 0.4) is 0 Å². The Morgan fingerprint density at radius 2 is 2.15 bits per heavy atom. The number of carbonyl (C=O) groups is 1. The fourth-order valence-electron chi connectivity index (χ4n) is 2.76. The average molecular weight is 271 g/mol. The third-order valence-electron chi connectivity index (χ3n) is 3.89. The minimum absolute atomic E-state index is 0.101. The predicted molar refractivity (Wildman–Crippen MR) is 78.5 cm³/mol. The number of rotatable bonds is 3. The number of carboxylic acids is 1. The molecule has 0 radical (unpaired) electrons. The number of fused-ring (bicyclic) bond motifs is 3. The summed E-state index contributed by atoms with van der Waals surface area (Å²) >= 11 is 0. The highest BCUT2D eigenvalue weighted by molar-refractivity contribution is 5.97. The number of ether oxygens (including phenoxy) is 1. The quantitative estimate of drug-likeness (QED) is 0.932. The SMILES string of the molecule is CN1c2c(ccc3ccccc23)OCC1CCC(=O)O. The van der Waals surface area contributed by atoms with Crippen LogP contribution in [-0.2, 0) is 4.79 Å². The van der Waals surface area contributed by atoms with Gasteiger partial charge >= 0.3 is 5.97 Å². The third-order valence-corrected chi connectivity index (χ3v) is 3.89. The standard InChI is InChI=1S/C16H17NO3/c1-17-12(7-9-15(18)19)10-20-14-8-6-11-4-2-3-5-13(11)16(14)17/h2-6,8,12H,7,9-10H2,1H3,(H,18,19). The monoisotopic (exact) mass is 271 g/mol. The molecule has 104 valence electrons. The highest BCUT2D eigenvalue weighted by Crippen LogP contribution is 2.39. The molecule has 0 aliphatic carbocycles. The summed E-state index contributed by atoms with van der Waals surface area (Å²) in [6.45, 7) is 0.537. The Bertz CT molecular complexity index is 653. The van der Waals surface area contributed by atoms with Crippen LogP contribution in [0.1, 0.15) is 12.8 Å². The number of anilines is 1. The molecule has 3 rings (SSSR count). The number of nitrogens with zero attached hydrogens (tertiary/aromatic N) is 1. The van der Waals surface area contributed by atoms with E-state index in [9.17, 15) is 4.79 Å². The molecule has 0 fully saturated rings. The molecule has 0 aromatic heterocycles. The largest absolute Gasteiger partial charge is 0.489 e. The Kier molecular flexibility index (Phi) is 3.22. The lowest BCUT2D eigenvalue weighted by Gasteiger charge is -2.36. The first-order chi connectivity index (χ1) is 9.66. The second-order valence-corrected chi connectivity index (χ2v) is 5.14. The molecule has 1 aliphatic heterocycles. The summed E-state index contributed by atoms with van der Waals surface area (Å²) < 4.78 is 5.81. The summed E-state index contributed by atoms with van der Waals surface area (Å²) in [7, 11) is 2.01. The van der Waals surface area contributed by atoms with Gasteiger partial charge in [-0.2, -0.15) is 0 Å². The van der Waals surface area contributed by atoms with Crippen LogP contribution in [0.25, 0.3) is 10.8 Å². The number of benzene rings is 2. The van der Waals surface area contributed by atoms with Gasteiger partial charge in [-0.3, -0.25) is 4.79 Å². The highest BCUT2D eigenvalue weighted by Gasteiger charge is 2.26. The first-order valence-corrected chi connectivity index (χ1v) is 6.76. The smallest absolute Gasteiger partial charge is 0.303 e. The first-order valence-electron chi connectivity index (χ1n) is 6.76. The molecular weight excluding hydrogens is 254 g/mol. The summed E-state index contributed by atoms with van der Waals surface area (Å²) in [4.78, 5) is 12.9. The topological polar surface area (TPSA) is 49.8 Å². The van der Waals surface area contributed by atoms with Gasteiger partial charge in [-0.05, 0) is 17.9 Å². The highest BCUT2D eigenvalue weighted by atomic mass is 16.5. The van der Waals surface area contributed by atoms with E-state index in [1.165, 1.54) is 5.39 Å². The summed E-state index contributed by atoms with van der Waals surface area (Å²) in [6.07, 6.45) is 0.757. The molecule has 0 saturated carbocycles. The zero-order valence-corrected chi connectivity index (χ0v) is 11.4. The number of likely N-dealkylation sites (N-methyl/N-ethyl adjacent to an activating group) is 1. The maximum Gasteiger partial charge on any atom is 0.303 e. The van der Waals surface area contributed by atoms with Gasteiger partial charge in [-0.25, -0.2) is 0 Å². The Morgan fingerprint density at radius 1 is 1.35 bits per heavy atom. The molecule has 1 N–H and O–H groups in total. The first kappa shape index (κ1) is 12.8. The van der Waals surface area contributed by atoms with Crippen LogP contribution < -0.4 is 9.64 Å². The maximum absolute atomic E-state index is 10.7. The van der Waals surface area contributed by atoms with Crippen molar-refractivity contribution >= 4 is 22.4 Å². The van der Waals surface area contributed by atoms with Crippen LogP contribution in [0.2, 0.25) is 0 Å². The van der Waals surface area contributed by atoms with Gasteiger partial charge < -0.3 is 14.7 Å². The Balaban J connectivity index is 1.98. The van der Waals surface area contributed by atoms with Crippen LogP contribution in [0, 0.1) is 0 Å². The summed E-state index contributed by atoms with van der Waals surface area (Å²) in [5.41, 5.74) is 1.06. The summed E-state index contributed by atoms with van der Waals surface area (Å²) in [5.74, 6) is 0.111. The second kappa shape index (κ2) is 5.04. The van der Waals surface area contributed by atoms with E-state index in [-0.39, 0.29) is 12.5 Å². The summed E-state index contributed by atoms with van der Waals surface area (Å²) in [5, 5.41) is 11.2. The predicted octanol–water partition coefficient (Wildman–Crippen LogP) is 2.90. The van der Waals surface area contributed by atoms with Gasteiger partial charge in [0.05, 0.1) is 11.7 Å². The van der Waals surface area contributed by atoms with Crippen molar-refractivity contribution in [3.8, 4) is 5.75 Å². The molecule has 0 saturated heterocycles. The number of aliphatic carboxylic acids is 1. The minimum Gasteiger partial charge on any atom is -0.489 e. The third kappa shape index (κ3) is 2.18. The number of hydrogen-bond acceptors (Lipinski definition) is 3. The van der Waals surface area contributed by atoms with Gasteiger partial charge in [-0.1, -0.05) is 30.3 Å². The lowest BCUT2D eigenvalue weighted by Crippen LogP contribution is -2.40. The molecular formula is C16H17NO3. The lowest BCUT2D eigenvalue weighted by molar-refractivity contribution is -0.137. The van der Waals surface area contributed by atoms with E-state index in [1.54, 1.807) is 0 Å².